The van der Waals surface area contributed by atoms with E-state index in [1.165, 1.54) is 0 Å². The Morgan fingerprint density at radius 3 is 3.00 bits per heavy atom. The van der Waals surface area contributed by atoms with Gasteiger partial charge in [0.1, 0.15) is 11.4 Å². The SMILES string of the molecule is COc1ccc(C)cc1-n1ccc(C(=O)NC2CCNC(C)C2)n1. The predicted molar refractivity (Wildman–Crippen MR) is 92.8 cm³/mol. The lowest BCUT2D eigenvalue weighted by Gasteiger charge is -2.28. The van der Waals surface area contributed by atoms with Crippen LogP contribution in [0.15, 0.2) is 30.5 Å². The van der Waals surface area contributed by atoms with Gasteiger partial charge in [-0.2, -0.15) is 5.10 Å². The molecule has 1 saturated heterocycles. The molecule has 1 aliphatic heterocycles. The summed E-state index contributed by atoms with van der Waals surface area (Å²) in [6, 6.07) is 8.25. The van der Waals surface area contributed by atoms with Gasteiger partial charge in [-0.15, -0.1) is 0 Å². The maximum absolute atomic E-state index is 12.4. The van der Waals surface area contributed by atoms with Crippen LogP contribution in [0, 0.1) is 6.92 Å². The number of amides is 1. The van der Waals surface area contributed by atoms with Crippen LogP contribution in [0.25, 0.3) is 5.69 Å². The Labute approximate surface area is 142 Å². The van der Waals surface area contributed by atoms with E-state index in [2.05, 4.69) is 22.7 Å². The minimum Gasteiger partial charge on any atom is -0.494 e. The molecule has 2 unspecified atom stereocenters. The number of hydrogen-bond donors (Lipinski definition) is 2. The zero-order valence-corrected chi connectivity index (χ0v) is 14.4. The van der Waals surface area contributed by atoms with E-state index in [-0.39, 0.29) is 11.9 Å². The van der Waals surface area contributed by atoms with Gasteiger partial charge in [0.25, 0.3) is 5.91 Å². The molecule has 6 nitrogen and oxygen atoms in total. The van der Waals surface area contributed by atoms with Gasteiger partial charge in [-0.3, -0.25) is 4.79 Å². The molecule has 0 aliphatic carbocycles. The third-order valence-corrected chi connectivity index (χ3v) is 4.36. The van der Waals surface area contributed by atoms with E-state index in [0.29, 0.717) is 11.7 Å². The van der Waals surface area contributed by atoms with Crippen LogP contribution in [-0.2, 0) is 0 Å². The molecule has 3 rings (SSSR count). The number of benzene rings is 1. The lowest BCUT2D eigenvalue weighted by atomic mass is 10.0. The van der Waals surface area contributed by atoms with Gasteiger partial charge >= 0.3 is 0 Å². The Kier molecular flexibility index (Phi) is 4.85. The zero-order chi connectivity index (χ0) is 17.1. The number of piperidine rings is 1. The van der Waals surface area contributed by atoms with Crippen LogP contribution in [0.1, 0.15) is 35.8 Å². The van der Waals surface area contributed by atoms with E-state index in [9.17, 15) is 4.79 Å². The van der Waals surface area contributed by atoms with Crippen LogP contribution in [0.5, 0.6) is 5.75 Å². The van der Waals surface area contributed by atoms with Crippen LogP contribution >= 0.6 is 0 Å². The fraction of sp³-hybridized carbons (Fsp3) is 0.444. The molecule has 2 N–H and O–H groups in total. The van der Waals surface area contributed by atoms with Gasteiger partial charge in [-0.1, -0.05) is 6.07 Å². The first kappa shape index (κ1) is 16.5. The summed E-state index contributed by atoms with van der Waals surface area (Å²) in [7, 11) is 1.63. The molecule has 0 spiro atoms. The lowest BCUT2D eigenvalue weighted by Crippen LogP contribution is -2.46. The van der Waals surface area contributed by atoms with Crippen molar-refractivity contribution in [1.29, 1.82) is 0 Å². The number of aryl methyl sites for hydroxylation is 1. The molecule has 24 heavy (non-hydrogen) atoms. The van der Waals surface area contributed by atoms with Crippen LogP contribution in [0.4, 0.5) is 0 Å². The number of rotatable bonds is 4. The molecule has 1 fully saturated rings. The van der Waals surface area contributed by atoms with Gasteiger partial charge in [-0.05, 0) is 57.0 Å². The third kappa shape index (κ3) is 3.59. The molecule has 1 amide bonds. The van der Waals surface area contributed by atoms with Gasteiger partial charge in [0.15, 0.2) is 5.69 Å². The highest BCUT2D eigenvalue weighted by atomic mass is 16.5. The van der Waals surface area contributed by atoms with E-state index in [0.717, 1.165) is 36.4 Å². The second-order valence-electron chi connectivity index (χ2n) is 6.37. The van der Waals surface area contributed by atoms with Gasteiger partial charge in [0.2, 0.25) is 0 Å². The highest BCUT2D eigenvalue weighted by Gasteiger charge is 2.21. The molecule has 128 valence electrons. The number of carbonyl (C=O) groups excluding carboxylic acids is 1. The summed E-state index contributed by atoms with van der Waals surface area (Å²) in [5.41, 5.74) is 2.35. The van der Waals surface area contributed by atoms with Crippen molar-refractivity contribution in [2.45, 2.75) is 38.8 Å². The number of ether oxygens (including phenoxy) is 1. The van der Waals surface area contributed by atoms with E-state index < -0.39 is 0 Å². The fourth-order valence-electron chi connectivity index (χ4n) is 3.08. The average molecular weight is 328 g/mol. The van der Waals surface area contributed by atoms with E-state index in [1.54, 1.807) is 24.1 Å². The van der Waals surface area contributed by atoms with Crippen molar-refractivity contribution in [1.82, 2.24) is 20.4 Å². The minimum atomic E-state index is -0.125. The van der Waals surface area contributed by atoms with Gasteiger partial charge in [0.05, 0.1) is 7.11 Å². The molecule has 0 saturated carbocycles. The maximum Gasteiger partial charge on any atom is 0.272 e. The second-order valence-corrected chi connectivity index (χ2v) is 6.37. The Morgan fingerprint density at radius 2 is 2.25 bits per heavy atom. The Morgan fingerprint density at radius 1 is 1.42 bits per heavy atom. The molecule has 1 aromatic carbocycles. The van der Waals surface area contributed by atoms with Crippen molar-refractivity contribution in [3.8, 4) is 11.4 Å². The maximum atomic E-state index is 12.4. The number of nitrogens with one attached hydrogen (secondary N) is 2. The molecule has 2 heterocycles. The number of methoxy groups -OCH3 is 1. The van der Waals surface area contributed by atoms with Gasteiger partial charge in [-0.25, -0.2) is 4.68 Å². The largest absolute Gasteiger partial charge is 0.494 e. The summed E-state index contributed by atoms with van der Waals surface area (Å²) < 4.78 is 7.08. The molecule has 6 heteroatoms. The molecule has 2 atom stereocenters. The summed E-state index contributed by atoms with van der Waals surface area (Å²) in [5.74, 6) is 0.599. The fourth-order valence-corrected chi connectivity index (χ4v) is 3.08. The Balaban J connectivity index is 1.75. The molecule has 1 aliphatic rings. The summed E-state index contributed by atoms with van der Waals surface area (Å²) in [4.78, 5) is 12.4. The number of nitrogens with zero attached hydrogens (tertiary/aromatic N) is 2. The number of hydrogen-bond acceptors (Lipinski definition) is 4. The topological polar surface area (TPSA) is 68.2 Å². The Bertz CT molecular complexity index is 726. The summed E-state index contributed by atoms with van der Waals surface area (Å²) in [6.45, 7) is 5.08. The van der Waals surface area contributed by atoms with Gasteiger partial charge < -0.3 is 15.4 Å². The quantitative estimate of drug-likeness (QED) is 0.901. The summed E-state index contributed by atoms with van der Waals surface area (Å²) >= 11 is 0. The lowest BCUT2D eigenvalue weighted by molar-refractivity contribution is 0.0920. The van der Waals surface area contributed by atoms with Crippen molar-refractivity contribution in [3.63, 3.8) is 0 Å². The molecular weight excluding hydrogens is 304 g/mol. The van der Waals surface area contributed by atoms with Crippen molar-refractivity contribution in [2.24, 2.45) is 0 Å². The molecular formula is C18H24N4O2. The molecule has 0 radical (unpaired) electrons. The third-order valence-electron chi connectivity index (χ3n) is 4.36. The molecule has 2 aromatic rings. The minimum absolute atomic E-state index is 0.125. The highest BCUT2D eigenvalue weighted by molar-refractivity contribution is 5.92. The standard InChI is InChI=1S/C18H24N4O2/c1-12-4-5-17(24-3)16(10-12)22-9-7-15(21-22)18(23)20-14-6-8-19-13(2)11-14/h4-5,7,9-10,13-14,19H,6,8,11H2,1-3H3,(H,20,23). The van der Waals surface area contributed by atoms with E-state index >= 15 is 0 Å². The first-order valence-electron chi connectivity index (χ1n) is 8.31. The van der Waals surface area contributed by atoms with E-state index in [4.69, 9.17) is 4.74 Å². The normalized spacial score (nSPS) is 20.6. The average Bonchev–Trinajstić information content (AvgIpc) is 3.05. The van der Waals surface area contributed by atoms with Crippen molar-refractivity contribution in [2.75, 3.05) is 13.7 Å². The van der Waals surface area contributed by atoms with Gasteiger partial charge in [0, 0.05) is 18.3 Å². The number of carbonyl (C=O) groups is 1. The van der Waals surface area contributed by atoms with Crippen molar-refractivity contribution in [3.05, 3.63) is 41.7 Å². The first-order chi connectivity index (χ1) is 11.6. The number of aromatic nitrogens is 2. The monoisotopic (exact) mass is 328 g/mol. The smallest absolute Gasteiger partial charge is 0.272 e. The van der Waals surface area contributed by atoms with Crippen LogP contribution in [-0.4, -0.2) is 41.4 Å². The van der Waals surface area contributed by atoms with Crippen LogP contribution in [0.3, 0.4) is 0 Å². The first-order valence-corrected chi connectivity index (χ1v) is 8.31. The van der Waals surface area contributed by atoms with Crippen LogP contribution in [0.2, 0.25) is 0 Å². The zero-order valence-electron chi connectivity index (χ0n) is 14.4. The van der Waals surface area contributed by atoms with E-state index in [1.807, 2.05) is 25.1 Å². The Hall–Kier alpha value is -2.34. The van der Waals surface area contributed by atoms with Crippen molar-refractivity contribution < 1.29 is 9.53 Å². The highest BCUT2D eigenvalue weighted by Crippen LogP contribution is 2.23. The molecule has 0 bridgehead atoms. The van der Waals surface area contributed by atoms with Crippen molar-refractivity contribution >= 4 is 5.91 Å². The molecule has 1 aromatic heterocycles. The van der Waals surface area contributed by atoms with Crippen LogP contribution < -0.4 is 15.4 Å². The predicted octanol–water partition coefficient (Wildman–Crippen LogP) is 2.06. The second kappa shape index (κ2) is 7.05. The summed E-state index contributed by atoms with van der Waals surface area (Å²) in [6.07, 6.45) is 3.68. The summed E-state index contributed by atoms with van der Waals surface area (Å²) in [5, 5.41) is 10.9.